The number of thioether (sulfide) groups is 2. The Labute approximate surface area is 269 Å². The number of allylic oxidation sites excluding steroid dienone is 1. The molecule has 212 valence electrons. The number of halogens is 3. The van der Waals surface area contributed by atoms with E-state index in [4.69, 9.17) is 44.5 Å². The van der Waals surface area contributed by atoms with Crippen LogP contribution in [0.4, 0.5) is 0 Å². The summed E-state index contributed by atoms with van der Waals surface area (Å²) in [4.78, 5) is 6.08. The molecule has 0 aromatic heterocycles. The lowest BCUT2D eigenvalue weighted by Crippen LogP contribution is -2.24. The number of hydrogen-bond donors (Lipinski definition) is 1. The van der Waals surface area contributed by atoms with E-state index in [9.17, 15) is 5.11 Å². The number of aliphatic imine (C=N–C) groups is 1. The maximum Gasteiger partial charge on any atom is 0.194 e. The minimum absolute atomic E-state index is 0.335. The molecule has 2 aliphatic rings. The molecule has 1 aliphatic heterocycles. The van der Waals surface area contributed by atoms with Gasteiger partial charge in [0.1, 0.15) is 10.8 Å². The Kier molecular flexibility index (Phi) is 9.23. The number of hydrogen-bond acceptors (Lipinski definition) is 5. The van der Waals surface area contributed by atoms with Crippen molar-refractivity contribution in [2.24, 2.45) is 4.99 Å². The Balaban J connectivity index is 1.13. The van der Waals surface area contributed by atoms with Crippen LogP contribution in [0.15, 0.2) is 102 Å². The lowest BCUT2D eigenvalue weighted by molar-refractivity contribution is 0.210. The molecule has 0 spiro atoms. The minimum atomic E-state index is -0.335. The van der Waals surface area contributed by atoms with Gasteiger partial charge in [-0.15, -0.1) is 23.5 Å². The van der Waals surface area contributed by atoms with Gasteiger partial charge in [-0.2, -0.15) is 0 Å². The number of benzene rings is 4. The average molecular weight is 651 g/mol. The molecule has 0 saturated carbocycles. The third kappa shape index (κ3) is 7.21. The van der Waals surface area contributed by atoms with Crippen LogP contribution in [0.2, 0.25) is 15.1 Å². The van der Waals surface area contributed by atoms with Crippen molar-refractivity contribution in [3.05, 3.63) is 145 Å². The van der Waals surface area contributed by atoms with Gasteiger partial charge in [-0.25, -0.2) is 4.99 Å². The molecule has 1 N–H and O–H groups in total. The van der Waals surface area contributed by atoms with E-state index in [-0.39, 0.29) is 6.23 Å². The summed E-state index contributed by atoms with van der Waals surface area (Å²) in [5.74, 6) is 2.64. The van der Waals surface area contributed by atoms with Crippen LogP contribution in [0.5, 0.6) is 5.75 Å². The van der Waals surface area contributed by atoms with Crippen LogP contribution in [0, 0.1) is 0 Å². The summed E-state index contributed by atoms with van der Waals surface area (Å²) >= 11 is 22.2. The largest absolute Gasteiger partial charge is 0.512 e. The van der Waals surface area contributed by atoms with E-state index in [1.54, 1.807) is 23.5 Å². The van der Waals surface area contributed by atoms with Gasteiger partial charge in [0.05, 0.1) is 5.76 Å². The summed E-state index contributed by atoms with van der Waals surface area (Å²) < 4.78 is 6.36. The molecule has 0 bridgehead atoms. The van der Waals surface area contributed by atoms with Crippen molar-refractivity contribution in [1.82, 2.24) is 0 Å². The first kappa shape index (κ1) is 29.3. The molecule has 3 nitrogen and oxygen atoms in total. The molecular formula is C34H26Cl3NO2S2. The van der Waals surface area contributed by atoms with Crippen molar-refractivity contribution in [3.63, 3.8) is 0 Å². The molecular weight excluding hydrogens is 625 g/mol. The third-order valence-corrected chi connectivity index (χ3v) is 9.87. The van der Waals surface area contributed by atoms with Gasteiger partial charge in [0.15, 0.2) is 6.23 Å². The zero-order valence-electron chi connectivity index (χ0n) is 22.4. The van der Waals surface area contributed by atoms with Crippen LogP contribution in [-0.4, -0.2) is 16.4 Å². The van der Waals surface area contributed by atoms with Crippen LogP contribution < -0.4 is 4.74 Å². The number of nitrogens with zero attached hydrogens (tertiary/aromatic N) is 1. The highest BCUT2D eigenvalue weighted by Crippen LogP contribution is 2.38. The highest BCUT2D eigenvalue weighted by atomic mass is 35.5. The predicted octanol–water partition coefficient (Wildman–Crippen LogP) is 10.9. The summed E-state index contributed by atoms with van der Waals surface area (Å²) in [6.45, 7) is 0. The van der Waals surface area contributed by atoms with Crippen molar-refractivity contribution in [2.75, 3.05) is 0 Å². The molecule has 6 rings (SSSR count). The Hall–Kier alpha value is -2.80. The van der Waals surface area contributed by atoms with Crippen molar-refractivity contribution >= 4 is 74.4 Å². The molecule has 0 radical (unpaired) electrons. The van der Waals surface area contributed by atoms with E-state index in [1.807, 2.05) is 66.7 Å². The summed E-state index contributed by atoms with van der Waals surface area (Å²) in [6, 6.07) is 27.8. The molecule has 1 aliphatic carbocycles. The number of ether oxygens (including phenoxy) is 1. The predicted molar refractivity (Wildman–Crippen MR) is 181 cm³/mol. The van der Waals surface area contributed by atoms with E-state index in [2.05, 4.69) is 30.3 Å². The average Bonchev–Trinajstić information content (AvgIpc) is 3.13. The van der Waals surface area contributed by atoms with Gasteiger partial charge in [0.25, 0.3) is 0 Å². The Bertz CT molecular complexity index is 1720. The first-order chi connectivity index (χ1) is 20.4. The van der Waals surface area contributed by atoms with Crippen molar-refractivity contribution in [1.29, 1.82) is 0 Å². The Morgan fingerprint density at radius 3 is 2.33 bits per heavy atom. The molecule has 1 unspecified atom stereocenters. The van der Waals surface area contributed by atoms with E-state index in [0.29, 0.717) is 28.6 Å². The van der Waals surface area contributed by atoms with E-state index >= 15 is 0 Å². The highest BCUT2D eigenvalue weighted by molar-refractivity contribution is 8.13. The fourth-order valence-electron chi connectivity index (χ4n) is 4.85. The summed E-state index contributed by atoms with van der Waals surface area (Å²) in [7, 11) is 0. The number of fused-ring (bicyclic) bond motifs is 2. The van der Waals surface area contributed by atoms with Crippen LogP contribution >= 0.6 is 58.3 Å². The number of rotatable bonds is 7. The second kappa shape index (κ2) is 13.2. The van der Waals surface area contributed by atoms with E-state index in [1.165, 1.54) is 11.1 Å². The van der Waals surface area contributed by atoms with E-state index in [0.717, 1.165) is 54.5 Å². The molecule has 1 heterocycles. The zero-order valence-corrected chi connectivity index (χ0v) is 26.3. The summed E-state index contributed by atoms with van der Waals surface area (Å²) in [5, 5.41) is 13.2. The van der Waals surface area contributed by atoms with Crippen LogP contribution in [0.3, 0.4) is 0 Å². The standard InChI is InChI=1S/C34H26Cl3NO2S2/c35-25-3-1-2-22(14-25)20-42-34-31-18-27(37)9-7-24(31)16-33(38-34)40-29-11-4-21(5-12-29)19-41-32-13-10-28(39)15-23-6-8-26(36)17-30(23)32/h1-9,11-15,17-18,33,39H,10,16,19-20H2. The maximum atomic E-state index is 10.2. The molecule has 4 aromatic carbocycles. The monoisotopic (exact) mass is 649 g/mol. The zero-order chi connectivity index (χ0) is 29.1. The Morgan fingerprint density at radius 1 is 0.786 bits per heavy atom. The Morgan fingerprint density at radius 2 is 1.52 bits per heavy atom. The smallest absolute Gasteiger partial charge is 0.194 e. The van der Waals surface area contributed by atoms with Crippen LogP contribution in [0.25, 0.3) is 11.0 Å². The molecule has 0 saturated heterocycles. The second-order valence-corrected chi connectivity index (χ2v) is 13.3. The van der Waals surface area contributed by atoms with Gasteiger partial charge >= 0.3 is 0 Å². The minimum Gasteiger partial charge on any atom is -0.512 e. The third-order valence-electron chi connectivity index (χ3n) is 6.91. The fourth-order valence-corrected chi connectivity index (χ4v) is 7.48. The van der Waals surface area contributed by atoms with Gasteiger partial charge in [-0.1, -0.05) is 77.3 Å². The first-order valence-corrected chi connectivity index (χ1v) is 16.5. The van der Waals surface area contributed by atoms with Crippen LogP contribution in [0.1, 0.15) is 39.8 Å². The lowest BCUT2D eigenvalue weighted by Gasteiger charge is -2.24. The normalized spacial score (nSPS) is 16.0. The van der Waals surface area contributed by atoms with Gasteiger partial charge < -0.3 is 9.84 Å². The van der Waals surface area contributed by atoms with Crippen molar-refractivity contribution < 1.29 is 9.84 Å². The van der Waals surface area contributed by atoms with Gasteiger partial charge in [0, 0.05) is 49.9 Å². The van der Waals surface area contributed by atoms with Gasteiger partial charge in [-0.3, -0.25) is 0 Å². The molecule has 0 fully saturated rings. The highest BCUT2D eigenvalue weighted by Gasteiger charge is 2.23. The van der Waals surface area contributed by atoms with Gasteiger partial charge in [-0.05, 0) is 82.4 Å². The molecule has 8 heteroatoms. The lowest BCUT2D eigenvalue weighted by atomic mass is 10.0. The number of aliphatic hydroxyl groups excluding tert-OH is 1. The van der Waals surface area contributed by atoms with Gasteiger partial charge in [0.2, 0.25) is 0 Å². The summed E-state index contributed by atoms with van der Waals surface area (Å²) in [6.07, 6.45) is 4.70. The first-order valence-electron chi connectivity index (χ1n) is 13.4. The van der Waals surface area contributed by atoms with Crippen LogP contribution in [-0.2, 0) is 17.9 Å². The quantitative estimate of drug-likeness (QED) is 0.216. The van der Waals surface area contributed by atoms with E-state index < -0.39 is 0 Å². The maximum absolute atomic E-state index is 10.2. The molecule has 0 amide bonds. The molecule has 42 heavy (non-hydrogen) atoms. The topological polar surface area (TPSA) is 41.8 Å². The van der Waals surface area contributed by atoms with Crippen molar-refractivity contribution in [2.45, 2.75) is 30.6 Å². The summed E-state index contributed by atoms with van der Waals surface area (Å²) in [5.41, 5.74) is 6.54. The van der Waals surface area contributed by atoms with Crippen molar-refractivity contribution in [3.8, 4) is 5.75 Å². The molecule has 1 atom stereocenters. The second-order valence-electron chi connectivity index (χ2n) is 10.0. The number of aliphatic hydroxyl groups is 1. The SMILES string of the molecule is OC1=Cc2ccc(Cl)cc2C(SCc2ccc(OC3Cc4ccc(Cl)cc4C(SCc4cccc(Cl)c4)=N3)cc2)=CC1. The fraction of sp³-hybridized carbons (Fsp3) is 0.147. The molecule has 4 aromatic rings.